The van der Waals surface area contributed by atoms with Crippen LogP contribution in [0.25, 0.3) is 0 Å². The zero-order valence-corrected chi connectivity index (χ0v) is 17.7. The summed E-state index contributed by atoms with van der Waals surface area (Å²) in [5.74, 6) is 1.07. The molecule has 3 saturated carbocycles. The number of rotatable bonds is 5. The lowest BCUT2D eigenvalue weighted by Gasteiger charge is -2.44. The molecule has 0 aromatic carbocycles. The second-order valence-electron chi connectivity index (χ2n) is 9.94. The molecule has 158 valence electrons. The highest BCUT2D eigenvalue weighted by atomic mass is 16.4. The van der Waals surface area contributed by atoms with Crippen LogP contribution in [0.15, 0.2) is 23.3 Å². The molecule has 28 heavy (non-hydrogen) atoms. The fourth-order valence-electron chi connectivity index (χ4n) is 6.47. The van der Waals surface area contributed by atoms with E-state index in [0.29, 0.717) is 30.6 Å². The minimum absolute atomic E-state index is 0.114. The van der Waals surface area contributed by atoms with Crippen molar-refractivity contribution in [2.45, 2.75) is 90.8 Å². The number of fused-ring (bicyclic) bond motifs is 1. The van der Waals surface area contributed by atoms with E-state index in [9.17, 15) is 15.0 Å². The van der Waals surface area contributed by atoms with Crippen molar-refractivity contribution in [1.82, 2.24) is 0 Å². The van der Waals surface area contributed by atoms with Gasteiger partial charge in [-0.3, -0.25) is 4.79 Å². The Labute approximate surface area is 169 Å². The van der Waals surface area contributed by atoms with Gasteiger partial charge in [0.2, 0.25) is 0 Å². The van der Waals surface area contributed by atoms with Crippen molar-refractivity contribution >= 4 is 5.97 Å². The van der Waals surface area contributed by atoms with Crippen LogP contribution in [0.1, 0.15) is 78.6 Å². The largest absolute Gasteiger partial charge is 0.481 e. The summed E-state index contributed by atoms with van der Waals surface area (Å²) >= 11 is 0. The van der Waals surface area contributed by atoms with E-state index in [0.717, 1.165) is 18.4 Å². The van der Waals surface area contributed by atoms with Crippen LogP contribution in [0.5, 0.6) is 0 Å². The van der Waals surface area contributed by atoms with Crippen LogP contribution in [0.4, 0.5) is 0 Å². The fraction of sp³-hybridized carbons (Fsp3) is 0.792. The van der Waals surface area contributed by atoms with Crippen molar-refractivity contribution in [3.63, 3.8) is 0 Å². The predicted molar refractivity (Wildman–Crippen MR) is 111 cm³/mol. The Hall–Kier alpha value is -1.13. The summed E-state index contributed by atoms with van der Waals surface area (Å²) in [4.78, 5) is 11.0. The lowest BCUT2D eigenvalue weighted by molar-refractivity contribution is -0.137. The average Bonchev–Trinajstić information content (AvgIpc) is 2.99. The van der Waals surface area contributed by atoms with Gasteiger partial charge in [-0.1, -0.05) is 44.1 Å². The molecular weight excluding hydrogens is 352 g/mol. The summed E-state index contributed by atoms with van der Waals surface area (Å²) in [5, 5.41) is 29.2. The molecule has 3 N–H and O–H groups in total. The van der Waals surface area contributed by atoms with E-state index < -0.39 is 18.2 Å². The molecule has 0 saturated heterocycles. The molecule has 0 bridgehead atoms. The summed E-state index contributed by atoms with van der Waals surface area (Å²) in [6, 6.07) is 0. The first kappa shape index (κ1) is 21.6. The van der Waals surface area contributed by atoms with E-state index in [-0.39, 0.29) is 17.8 Å². The van der Waals surface area contributed by atoms with Gasteiger partial charge in [0.05, 0.1) is 12.2 Å². The zero-order valence-electron chi connectivity index (χ0n) is 17.7. The van der Waals surface area contributed by atoms with Gasteiger partial charge in [0, 0.05) is 18.8 Å². The highest BCUT2D eigenvalue weighted by molar-refractivity contribution is 5.66. The number of hydrogen-bond donors (Lipinski definition) is 3. The number of carboxylic acid groups (broad SMARTS) is 1. The second-order valence-corrected chi connectivity index (χ2v) is 9.94. The summed E-state index contributed by atoms with van der Waals surface area (Å²) in [6.45, 7) is 6.73. The van der Waals surface area contributed by atoms with E-state index in [4.69, 9.17) is 5.11 Å². The monoisotopic (exact) mass is 390 g/mol. The molecule has 4 heteroatoms. The van der Waals surface area contributed by atoms with Crippen LogP contribution < -0.4 is 0 Å². The highest BCUT2D eigenvalue weighted by Gasteiger charge is 2.50. The first-order valence-corrected chi connectivity index (χ1v) is 11.2. The van der Waals surface area contributed by atoms with Gasteiger partial charge >= 0.3 is 5.97 Å². The van der Waals surface area contributed by atoms with Crippen LogP contribution >= 0.6 is 0 Å². The van der Waals surface area contributed by atoms with Crippen molar-refractivity contribution < 1.29 is 20.1 Å². The third-order valence-electron chi connectivity index (χ3n) is 8.20. The normalized spacial score (nSPS) is 42.5. The topological polar surface area (TPSA) is 77.8 Å². The van der Waals surface area contributed by atoms with Crippen LogP contribution in [0.3, 0.4) is 0 Å². The molecule has 0 aromatic rings. The van der Waals surface area contributed by atoms with Gasteiger partial charge in [-0.05, 0) is 68.1 Å². The Morgan fingerprint density at radius 3 is 2.68 bits per heavy atom. The molecule has 4 nitrogen and oxygen atoms in total. The predicted octanol–water partition coefficient (Wildman–Crippen LogP) is 4.71. The maximum absolute atomic E-state index is 11.0. The number of aliphatic hydroxyl groups excluding tert-OH is 2. The highest BCUT2D eigenvalue weighted by Crippen LogP contribution is 2.59. The third-order valence-corrected chi connectivity index (χ3v) is 8.20. The van der Waals surface area contributed by atoms with E-state index in [1.54, 1.807) is 0 Å². The summed E-state index contributed by atoms with van der Waals surface area (Å²) in [5.41, 5.74) is 2.96. The molecule has 7 atom stereocenters. The number of aliphatic hydroxyl groups is 2. The smallest absolute Gasteiger partial charge is 0.303 e. The van der Waals surface area contributed by atoms with E-state index in [1.165, 1.54) is 31.3 Å². The van der Waals surface area contributed by atoms with Gasteiger partial charge in [0.1, 0.15) is 0 Å². The molecule has 0 aromatic heterocycles. The van der Waals surface area contributed by atoms with Crippen molar-refractivity contribution in [3.05, 3.63) is 23.3 Å². The number of hydrogen-bond acceptors (Lipinski definition) is 3. The molecule has 0 amide bonds. The quantitative estimate of drug-likeness (QED) is 0.635. The SMILES string of the molecule is C[C@H](CCC(=O)O)[C@H]1CC[C@H]2C(=CC=C3C[C@@H](O)C[C@H](O)[C@@H]3C)CCC[C@]12C. The molecule has 0 radical (unpaired) electrons. The molecule has 3 rings (SSSR count). The van der Waals surface area contributed by atoms with E-state index in [2.05, 4.69) is 32.9 Å². The lowest BCUT2D eigenvalue weighted by Crippen LogP contribution is -2.36. The molecule has 0 unspecified atom stereocenters. The van der Waals surface area contributed by atoms with Gasteiger partial charge in [0.15, 0.2) is 0 Å². The molecule has 0 aliphatic heterocycles. The average molecular weight is 391 g/mol. The Bertz CT molecular complexity index is 637. The van der Waals surface area contributed by atoms with Gasteiger partial charge in [-0.2, -0.15) is 0 Å². The van der Waals surface area contributed by atoms with Gasteiger partial charge in [-0.15, -0.1) is 0 Å². The molecule has 0 heterocycles. The Morgan fingerprint density at radius 2 is 1.96 bits per heavy atom. The Kier molecular flexibility index (Phi) is 6.71. The van der Waals surface area contributed by atoms with Crippen molar-refractivity contribution in [1.29, 1.82) is 0 Å². The van der Waals surface area contributed by atoms with Gasteiger partial charge in [0.25, 0.3) is 0 Å². The van der Waals surface area contributed by atoms with Gasteiger partial charge in [-0.25, -0.2) is 0 Å². The van der Waals surface area contributed by atoms with E-state index >= 15 is 0 Å². The Morgan fingerprint density at radius 1 is 1.25 bits per heavy atom. The molecule has 0 spiro atoms. The number of carboxylic acids is 1. The maximum Gasteiger partial charge on any atom is 0.303 e. The summed E-state index contributed by atoms with van der Waals surface area (Å²) in [7, 11) is 0. The lowest BCUT2D eigenvalue weighted by atomic mass is 9.60. The minimum atomic E-state index is -0.687. The standard InChI is InChI=1S/C24H38O4/c1-15(6-11-23(27)28)20-9-10-21-17(5-4-12-24(20,21)3)7-8-18-13-19(25)14-22(26)16(18)2/h7-8,15-16,19-22,25-26H,4-6,9-14H2,1-3H3,(H,27,28)/t15-,16-,19-,20-,21+,22+,24-/m1/s1. The van der Waals surface area contributed by atoms with Crippen LogP contribution in [-0.2, 0) is 4.79 Å². The number of carbonyl (C=O) groups is 1. The first-order valence-electron chi connectivity index (χ1n) is 11.2. The van der Waals surface area contributed by atoms with Crippen molar-refractivity contribution in [2.75, 3.05) is 0 Å². The van der Waals surface area contributed by atoms with Crippen LogP contribution in [0, 0.1) is 29.1 Å². The van der Waals surface area contributed by atoms with Crippen molar-refractivity contribution in [2.24, 2.45) is 29.1 Å². The summed E-state index contributed by atoms with van der Waals surface area (Å²) in [6.07, 6.45) is 11.8. The molecule has 3 aliphatic rings. The summed E-state index contributed by atoms with van der Waals surface area (Å²) < 4.78 is 0. The zero-order chi connectivity index (χ0) is 20.5. The molecular formula is C24H38O4. The molecule has 3 aliphatic carbocycles. The second kappa shape index (κ2) is 8.71. The number of aliphatic carboxylic acids is 1. The van der Waals surface area contributed by atoms with Crippen LogP contribution in [0.2, 0.25) is 0 Å². The number of allylic oxidation sites excluding steroid dienone is 3. The minimum Gasteiger partial charge on any atom is -0.481 e. The van der Waals surface area contributed by atoms with E-state index in [1.807, 2.05) is 0 Å². The van der Waals surface area contributed by atoms with Gasteiger partial charge < -0.3 is 15.3 Å². The first-order chi connectivity index (χ1) is 13.2. The Balaban J connectivity index is 1.75. The third kappa shape index (κ3) is 4.38. The molecule has 3 fully saturated rings. The van der Waals surface area contributed by atoms with Crippen molar-refractivity contribution in [3.8, 4) is 0 Å². The fourth-order valence-corrected chi connectivity index (χ4v) is 6.47. The van der Waals surface area contributed by atoms with Crippen LogP contribution in [-0.4, -0.2) is 33.5 Å². The maximum atomic E-state index is 11.0.